The number of rotatable bonds is 8. The highest BCUT2D eigenvalue weighted by atomic mass is 16.2. The van der Waals surface area contributed by atoms with E-state index < -0.39 is 6.04 Å². The summed E-state index contributed by atoms with van der Waals surface area (Å²) in [6.45, 7) is 1.26. The molecule has 1 atom stereocenters. The molecule has 0 fully saturated rings. The first-order chi connectivity index (χ1) is 12.1. The van der Waals surface area contributed by atoms with Gasteiger partial charge in [-0.1, -0.05) is 24.3 Å². The fourth-order valence-electron chi connectivity index (χ4n) is 2.44. The zero-order valence-corrected chi connectivity index (χ0v) is 14.6. The number of carbonyl (C=O) groups excluding carboxylic acids is 2. The highest BCUT2D eigenvalue weighted by Gasteiger charge is 2.24. The minimum absolute atomic E-state index is 0.122. The van der Waals surface area contributed by atoms with Gasteiger partial charge in [-0.25, -0.2) is 0 Å². The lowest BCUT2D eigenvalue weighted by molar-refractivity contribution is -0.131. The van der Waals surface area contributed by atoms with Gasteiger partial charge in [0.2, 0.25) is 5.91 Å². The lowest BCUT2D eigenvalue weighted by Gasteiger charge is -2.24. The highest BCUT2D eigenvalue weighted by molar-refractivity contribution is 5.97. The molecular formula is C19H24N4O2. The Labute approximate surface area is 148 Å². The monoisotopic (exact) mass is 340 g/mol. The summed E-state index contributed by atoms with van der Waals surface area (Å²) < 4.78 is 0. The van der Waals surface area contributed by atoms with Gasteiger partial charge < -0.3 is 15.5 Å². The molecule has 0 bridgehead atoms. The van der Waals surface area contributed by atoms with Gasteiger partial charge in [0.15, 0.2) is 0 Å². The Balaban J connectivity index is 2.13. The molecule has 2 N–H and O–H groups in total. The molecule has 0 saturated heterocycles. The molecule has 0 saturated carbocycles. The van der Waals surface area contributed by atoms with Crippen LogP contribution in [0, 0.1) is 0 Å². The lowest BCUT2D eigenvalue weighted by Crippen LogP contribution is -2.49. The number of benzene rings is 1. The summed E-state index contributed by atoms with van der Waals surface area (Å²) in [6.07, 6.45) is 3.79. The summed E-state index contributed by atoms with van der Waals surface area (Å²) in [5.41, 5.74) is 1.43. The molecule has 1 unspecified atom stereocenters. The van der Waals surface area contributed by atoms with Crippen molar-refractivity contribution < 1.29 is 9.59 Å². The number of nitrogens with zero attached hydrogens (tertiary/aromatic N) is 2. The minimum Gasteiger partial charge on any atom is -0.343 e. The topological polar surface area (TPSA) is 74.3 Å². The number of hydrogen-bond acceptors (Lipinski definition) is 4. The average Bonchev–Trinajstić information content (AvgIpc) is 2.66. The number of pyridine rings is 1. The van der Waals surface area contributed by atoms with Gasteiger partial charge in [0.1, 0.15) is 6.04 Å². The second kappa shape index (κ2) is 9.54. The average molecular weight is 340 g/mol. The number of aromatic nitrogens is 1. The first-order valence-corrected chi connectivity index (χ1v) is 8.26. The van der Waals surface area contributed by atoms with Crippen molar-refractivity contribution in [3.05, 3.63) is 66.0 Å². The Morgan fingerprint density at radius 3 is 2.56 bits per heavy atom. The Morgan fingerprint density at radius 2 is 1.92 bits per heavy atom. The van der Waals surface area contributed by atoms with Crippen LogP contribution in [0.1, 0.15) is 15.9 Å². The largest absolute Gasteiger partial charge is 0.343 e. The summed E-state index contributed by atoms with van der Waals surface area (Å²) >= 11 is 0. The van der Waals surface area contributed by atoms with Crippen LogP contribution < -0.4 is 10.6 Å². The quantitative estimate of drug-likeness (QED) is 0.755. The molecule has 6 heteroatoms. The van der Waals surface area contributed by atoms with Gasteiger partial charge in [0.05, 0.1) is 0 Å². The van der Waals surface area contributed by atoms with E-state index in [-0.39, 0.29) is 11.8 Å². The van der Waals surface area contributed by atoms with Gasteiger partial charge in [-0.15, -0.1) is 0 Å². The van der Waals surface area contributed by atoms with E-state index in [4.69, 9.17) is 0 Å². The van der Waals surface area contributed by atoms with E-state index in [0.717, 1.165) is 5.56 Å². The molecule has 0 radical (unpaired) electrons. The van der Waals surface area contributed by atoms with Gasteiger partial charge in [-0.05, 0) is 30.8 Å². The van der Waals surface area contributed by atoms with E-state index in [1.807, 2.05) is 25.2 Å². The summed E-state index contributed by atoms with van der Waals surface area (Å²) in [4.78, 5) is 31.0. The van der Waals surface area contributed by atoms with E-state index in [1.165, 1.54) is 0 Å². The van der Waals surface area contributed by atoms with Crippen molar-refractivity contribution in [1.82, 2.24) is 20.5 Å². The van der Waals surface area contributed by atoms with E-state index in [9.17, 15) is 9.59 Å². The zero-order valence-electron chi connectivity index (χ0n) is 14.6. The van der Waals surface area contributed by atoms with Gasteiger partial charge in [0, 0.05) is 44.5 Å². The first kappa shape index (κ1) is 18.6. The number of carbonyl (C=O) groups is 2. The first-order valence-electron chi connectivity index (χ1n) is 8.26. The maximum atomic E-state index is 12.8. The Kier molecular flexibility index (Phi) is 7.10. The van der Waals surface area contributed by atoms with Crippen LogP contribution in [0.3, 0.4) is 0 Å². The van der Waals surface area contributed by atoms with Crippen LogP contribution in [0.4, 0.5) is 0 Å². The molecule has 2 aromatic rings. The highest BCUT2D eigenvalue weighted by Crippen LogP contribution is 2.06. The van der Waals surface area contributed by atoms with Crippen LogP contribution in [0.2, 0.25) is 0 Å². The van der Waals surface area contributed by atoms with Gasteiger partial charge in [-0.3, -0.25) is 14.6 Å². The van der Waals surface area contributed by atoms with Crippen LogP contribution in [-0.2, 0) is 11.2 Å². The SMILES string of the molecule is CNCCN(C)C(=O)C(Cc1cccnc1)NC(=O)c1ccccc1. The van der Waals surface area contributed by atoms with Gasteiger partial charge in [0.25, 0.3) is 5.91 Å². The number of amides is 2. The third kappa shape index (κ3) is 5.69. The molecule has 0 spiro atoms. The molecule has 0 aliphatic carbocycles. The van der Waals surface area contributed by atoms with Crippen molar-refractivity contribution in [2.45, 2.75) is 12.5 Å². The molecule has 1 aromatic carbocycles. The molecule has 0 aliphatic rings. The van der Waals surface area contributed by atoms with Crippen molar-refractivity contribution >= 4 is 11.8 Å². The maximum absolute atomic E-state index is 12.8. The fourth-order valence-corrected chi connectivity index (χ4v) is 2.44. The third-order valence-electron chi connectivity index (χ3n) is 3.88. The molecule has 25 heavy (non-hydrogen) atoms. The molecule has 1 heterocycles. The normalized spacial score (nSPS) is 11.6. The molecule has 2 rings (SSSR count). The number of hydrogen-bond donors (Lipinski definition) is 2. The third-order valence-corrected chi connectivity index (χ3v) is 3.88. The second-order valence-corrected chi connectivity index (χ2v) is 5.82. The van der Waals surface area contributed by atoms with Crippen LogP contribution in [0.25, 0.3) is 0 Å². The van der Waals surface area contributed by atoms with Crippen molar-refractivity contribution in [3.63, 3.8) is 0 Å². The van der Waals surface area contributed by atoms with Crippen LogP contribution >= 0.6 is 0 Å². The summed E-state index contributed by atoms with van der Waals surface area (Å²) in [7, 11) is 3.58. The predicted molar refractivity (Wildman–Crippen MR) is 97.2 cm³/mol. The van der Waals surface area contributed by atoms with E-state index >= 15 is 0 Å². The van der Waals surface area contributed by atoms with Gasteiger partial charge in [-0.2, -0.15) is 0 Å². The second-order valence-electron chi connectivity index (χ2n) is 5.82. The van der Waals surface area contributed by atoms with E-state index in [0.29, 0.717) is 25.1 Å². The smallest absolute Gasteiger partial charge is 0.251 e. The standard InChI is InChI=1S/C19H24N4O2/c1-20-11-12-23(2)19(25)17(13-15-7-6-10-21-14-15)22-18(24)16-8-4-3-5-9-16/h3-10,14,17,20H,11-13H2,1-2H3,(H,22,24). The predicted octanol–water partition coefficient (Wildman–Crippen LogP) is 1.10. The molecule has 2 amide bonds. The molecule has 132 valence electrons. The molecular weight excluding hydrogens is 316 g/mol. The zero-order chi connectivity index (χ0) is 18.1. The Morgan fingerprint density at radius 1 is 1.16 bits per heavy atom. The molecule has 6 nitrogen and oxygen atoms in total. The summed E-state index contributed by atoms with van der Waals surface area (Å²) in [5, 5.41) is 5.88. The van der Waals surface area contributed by atoms with Gasteiger partial charge >= 0.3 is 0 Å². The Bertz CT molecular complexity index is 676. The van der Waals surface area contributed by atoms with Crippen molar-refractivity contribution in [1.29, 1.82) is 0 Å². The van der Waals surface area contributed by atoms with Crippen LogP contribution in [0.5, 0.6) is 0 Å². The molecule has 1 aromatic heterocycles. The number of likely N-dealkylation sites (N-methyl/N-ethyl adjacent to an activating group) is 2. The minimum atomic E-state index is -0.640. The number of nitrogens with one attached hydrogen (secondary N) is 2. The Hall–Kier alpha value is -2.73. The van der Waals surface area contributed by atoms with Crippen molar-refractivity contribution in [3.8, 4) is 0 Å². The maximum Gasteiger partial charge on any atom is 0.251 e. The molecule has 0 aliphatic heterocycles. The lowest BCUT2D eigenvalue weighted by atomic mass is 10.1. The summed E-state index contributed by atoms with van der Waals surface area (Å²) in [5.74, 6) is -0.381. The fraction of sp³-hybridized carbons (Fsp3) is 0.316. The van der Waals surface area contributed by atoms with E-state index in [2.05, 4.69) is 15.6 Å². The van der Waals surface area contributed by atoms with Crippen LogP contribution in [0.15, 0.2) is 54.9 Å². The summed E-state index contributed by atoms with van der Waals surface area (Å²) in [6, 6.07) is 12.0. The van der Waals surface area contributed by atoms with Crippen molar-refractivity contribution in [2.24, 2.45) is 0 Å². The van der Waals surface area contributed by atoms with E-state index in [1.54, 1.807) is 48.6 Å². The van der Waals surface area contributed by atoms with Crippen LogP contribution in [-0.4, -0.2) is 54.9 Å². The van der Waals surface area contributed by atoms with Crippen molar-refractivity contribution in [2.75, 3.05) is 27.2 Å².